The van der Waals surface area contributed by atoms with Crippen molar-refractivity contribution in [2.24, 2.45) is 5.92 Å². The molecule has 8 heteroatoms. The van der Waals surface area contributed by atoms with Crippen molar-refractivity contribution < 1.29 is 28.9 Å². The highest BCUT2D eigenvalue weighted by Gasteiger charge is 2.26. The number of ether oxygens (including phenoxy) is 3. The number of esters is 1. The number of hydrogen-bond acceptors (Lipinski definition) is 6. The van der Waals surface area contributed by atoms with E-state index in [9.17, 15) is 14.7 Å². The SMILES string of the molecule is CCOC(=O)C(=O)Nc1cc(Cl)c(Oc2ccc(O)c(CCC3CCOC3)c2)c2c1CCC2. The summed E-state index contributed by atoms with van der Waals surface area (Å²) in [7, 11) is 0. The van der Waals surface area contributed by atoms with E-state index in [-0.39, 0.29) is 12.4 Å². The number of halogens is 1. The molecule has 2 N–H and O–H groups in total. The molecule has 1 amide bonds. The first-order valence-corrected chi connectivity index (χ1v) is 11.7. The van der Waals surface area contributed by atoms with E-state index in [0.717, 1.165) is 68.4 Å². The number of carbonyl (C=O) groups excluding carboxylic acids is 2. The lowest BCUT2D eigenvalue weighted by Crippen LogP contribution is -2.25. The molecule has 1 aliphatic heterocycles. The minimum atomic E-state index is -0.929. The molecule has 2 aromatic rings. The highest BCUT2D eigenvalue weighted by atomic mass is 35.5. The Labute approximate surface area is 198 Å². The second-order valence-corrected chi connectivity index (χ2v) is 8.79. The topological polar surface area (TPSA) is 94.1 Å². The number of phenols is 1. The van der Waals surface area contributed by atoms with E-state index in [0.29, 0.717) is 28.1 Å². The molecule has 1 fully saturated rings. The minimum absolute atomic E-state index is 0.126. The van der Waals surface area contributed by atoms with Gasteiger partial charge in [-0.2, -0.15) is 0 Å². The third kappa shape index (κ3) is 5.42. The van der Waals surface area contributed by atoms with Gasteiger partial charge < -0.3 is 24.6 Å². The van der Waals surface area contributed by atoms with Gasteiger partial charge in [-0.3, -0.25) is 4.79 Å². The highest BCUT2D eigenvalue weighted by molar-refractivity contribution is 6.38. The largest absolute Gasteiger partial charge is 0.508 e. The van der Waals surface area contributed by atoms with Gasteiger partial charge >= 0.3 is 11.9 Å². The summed E-state index contributed by atoms with van der Waals surface area (Å²) in [6, 6.07) is 6.81. The van der Waals surface area contributed by atoms with Gasteiger partial charge in [-0.25, -0.2) is 4.79 Å². The van der Waals surface area contributed by atoms with Crippen LogP contribution in [0.25, 0.3) is 0 Å². The minimum Gasteiger partial charge on any atom is -0.508 e. The zero-order chi connectivity index (χ0) is 23.4. The third-order valence-electron chi connectivity index (χ3n) is 6.13. The molecule has 1 heterocycles. The van der Waals surface area contributed by atoms with E-state index in [1.807, 2.05) is 6.07 Å². The summed E-state index contributed by atoms with van der Waals surface area (Å²) in [5.41, 5.74) is 3.15. The Balaban J connectivity index is 1.54. The van der Waals surface area contributed by atoms with E-state index >= 15 is 0 Å². The van der Waals surface area contributed by atoms with Crippen molar-refractivity contribution in [2.75, 3.05) is 25.1 Å². The number of hydrogen-bond donors (Lipinski definition) is 2. The van der Waals surface area contributed by atoms with Crippen LogP contribution in [0.3, 0.4) is 0 Å². The second-order valence-electron chi connectivity index (χ2n) is 8.38. The van der Waals surface area contributed by atoms with Crippen molar-refractivity contribution in [3.63, 3.8) is 0 Å². The maximum Gasteiger partial charge on any atom is 0.397 e. The first kappa shape index (κ1) is 23.4. The van der Waals surface area contributed by atoms with Gasteiger partial charge in [0.25, 0.3) is 0 Å². The molecule has 2 aromatic carbocycles. The van der Waals surface area contributed by atoms with Crippen LogP contribution in [0.4, 0.5) is 5.69 Å². The number of rotatable bonds is 7. The van der Waals surface area contributed by atoms with Gasteiger partial charge in [0.1, 0.15) is 17.2 Å². The monoisotopic (exact) mass is 473 g/mol. The lowest BCUT2D eigenvalue weighted by Gasteiger charge is -2.17. The maximum absolute atomic E-state index is 12.1. The van der Waals surface area contributed by atoms with Gasteiger partial charge in [0.15, 0.2) is 0 Å². The fourth-order valence-corrected chi connectivity index (χ4v) is 4.68. The zero-order valence-electron chi connectivity index (χ0n) is 18.6. The molecule has 1 saturated heterocycles. The summed E-state index contributed by atoms with van der Waals surface area (Å²) in [5.74, 6) is 0.135. The number of aryl methyl sites for hydroxylation is 1. The number of carbonyl (C=O) groups is 2. The highest BCUT2D eigenvalue weighted by Crippen LogP contribution is 2.43. The van der Waals surface area contributed by atoms with Crippen molar-refractivity contribution in [1.29, 1.82) is 0 Å². The molecular weight excluding hydrogens is 446 g/mol. The van der Waals surface area contributed by atoms with Crippen LogP contribution in [0.5, 0.6) is 17.2 Å². The molecule has 7 nitrogen and oxygen atoms in total. The van der Waals surface area contributed by atoms with Crippen molar-refractivity contribution in [2.45, 2.75) is 45.4 Å². The molecular formula is C25H28ClNO6. The number of nitrogens with one attached hydrogen (secondary N) is 1. The summed E-state index contributed by atoms with van der Waals surface area (Å²) in [6.07, 6.45) is 5.12. The fraction of sp³-hybridized carbons (Fsp3) is 0.440. The number of fused-ring (bicyclic) bond motifs is 1. The number of amides is 1. The predicted molar refractivity (Wildman–Crippen MR) is 124 cm³/mol. The van der Waals surface area contributed by atoms with Crippen LogP contribution >= 0.6 is 11.6 Å². The van der Waals surface area contributed by atoms with Gasteiger partial charge in [-0.1, -0.05) is 11.6 Å². The lowest BCUT2D eigenvalue weighted by molar-refractivity contribution is -0.152. The van der Waals surface area contributed by atoms with Crippen LogP contribution in [-0.2, 0) is 38.3 Å². The molecule has 1 aliphatic carbocycles. The average molecular weight is 474 g/mol. The van der Waals surface area contributed by atoms with Crippen molar-refractivity contribution in [3.05, 3.63) is 46.0 Å². The number of aromatic hydroxyl groups is 1. The summed E-state index contributed by atoms with van der Waals surface area (Å²) >= 11 is 6.55. The van der Waals surface area contributed by atoms with E-state index in [1.54, 1.807) is 25.1 Å². The number of benzene rings is 2. The maximum atomic E-state index is 12.1. The molecule has 0 bridgehead atoms. The standard InChI is InChI=1S/C25H28ClNO6/c1-2-32-25(30)24(29)27-21-13-20(26)23(19-5-3-4-18(19)21)33-17-8-9-22(28)16(12-17)7-6-15-10-11-31-14-15/h8-9,12-13,15,28H,2-7,10-11,14H2,1H3,(H,27,29). The number of phenolic OH excluding ortho intramolecular Hbond substituents is 1. The quantitative estimate of drug-likeness (QED) is 0.443. The van der Waals surface area contributed by atoms with Gasteiger partial charge in [-0.15, -0.1) is 0 Å². The van der Waals surface area contributed by atoms with Crippen LogP contribution in [0.1, 0.15) is 42.9 Å². The Morgan fingerprint density at radius 2 is 2.06 bits per heavy atom. The first-order valence-electron chi connectivity index (χ1n) is 11.4. The Kier molecular flexibility index (Phi) is 7.40. The lowest BCUT2D eigenvalue weighted by atomic mass is 9.98. The molecule has 1 unspecified atom stereocenters. The molecule has 1 atom stereocenters. The molecule has 4 rings (SSSR count). The molecule has 0 saturated carbocycles. The van der Waals surface area contributed by atoms with Gasteiger partial charge in [0.05, 0.1) is 11.6 Å². The summed E-state index contributed by atoms with van der Waals surface area (Å²) < 4.78 is 16.4. The normalized spacial score (nSPS) is 17.0. The Hall–Kier alpha value is -2.77. The fourth-order valence-electron chi connectivity index (χ4n) is 4.42. The molecule has 2 aliphatic rings. The Morgan fingerprint density at radius 1 is 1.24 bits per heavy atom. The van der Waals surface area contributed by atoms with E-state index < -0.39 is 11.9 Å². The van der Waals surface area contributed by atoms with Crippen molar-refractivity contribution in [3.8, 4) is 17.2 Å². The predicted octanol–water partition coefficient (Wildman–Crippen LogP) is 4.80. The summed E-state index contributed by atoms with van der Waals surface area (Å²) in [5, 5.41) is 13.3. The van der Waals surface area contributed by atoms with Crippen molar-refractivity contribution >= 4 is 29.2 Å². The van der Waals surface area contributed by atoms with Crippen molar-refractivity contribution in [1.82, 2.24) is 0 Å². The molecule has 33 heavy (non-hydrogen) atoms. The average Bonchev–Trinajstić information content (AvgIpc) is 3.49. The van der Waals surface area contributed by atoms with Crippen LogP contribution in [0.2, 0.25) is 5.02 Å². The van der Waals surface area contributed by atoms with Crippen LogP contribution < -0.4 is 10.1 Å². The summed E-state index contributed by atoms with van der Waals surface area (Å²) in [6.45, 7) is 3.35. The molecule has 0 radical (unpaired) electrons. The molecule has 0 spiro atoms. The van der Waals surface area contributed by atoms with Crippen LogP contribution in [0.15, 0.2) is 24.3 Å². The van der Waals surface area contributed by atoms with E-state index in [2.05, 4.69) is 5.32 Å². The van der Waals surface area contributed by atoms with Gasteiger partial charge in [-0.05, 0) is 86.8 Å². The number of anilines is 1. The zero-order valence-corrected chi connectivity index (χ0v) is 19.4. The third-order valence-corrected chi connectivity index (χ3v) is 6.41. The van der Waals surface area contributed by atoms with Gasteiger partial charge in [0.2, 0.25) is 0 Å². The first-order chi connectivity index (χ1) is 16.0. The Morgan fingerprint density at radius 3 is 2.82 bits per heavy atom. The molecule has 176 valence electrons. The van der Waals surface area contributed by atoms with E-state index in [1.165, 1.54) is 0 Å². The van der Waals surface area contributed by atoms with Gasteiger partial charge in [0, 0.05) is 24.5 Å². The molecule has 0 aromatic heterocycles. The smallest absolute Gasteiger partial charge is 0.397 e. The summed E-state index contributed by atoms with van der Waals surface area (Å²) in [4.78, 5) is 23.8. The van der Waals surface area contributed by atoms with Crippen LogP contribution in [-0.4, -0.2) is 36.8 Å². The Bertz CT molecular complexity index is 1050. The second kappa shape index (κ2) is 10.4. The van der Waals surface area contributed by atoms with Crippen LogP contribution in [0, 0.1) is 5.92 Å². The van der Waals surface area contributed by atoms with E-state index in [4.69, 9.17) is 25.8 Å².